The van der Waals surface area contributed by atoms with Crippen LogP contribution in [0.4, 0.5) is 5.82 Å². The number of rotatable bonds is 2. The Morgan fingerprint density at radius 1 is 1.20 bits per heavy atom. The third-order valence-corrected chi connectivity index (χ3v) is 6.06. The summed E-state index contributed by atoms with van der Waals surface area (Å²) in [5, 5.41) is 4.32. The average Bonchev–Trinajstić information content (AvgIpc) is 2.70. The van der Waals surface area contributed by atoms with E-state index in [0.717, 1.165) is 35.1 Å². The molecule has 1 aliphatic carbocycles. The van der Waals surface area contributed by atoms with Crippen molar-refractivity contribution in [3.8, 4) is 0 Å². The van der Waals surface area contributed by atoms with Gasteiger partial charge in [-0.1, -0.05) is 0 Å². The zero-order valence-electron chi connectivity index (χ0n) is 11.0. The molecule has 0 bridgehead atoms. The first-order chi connectivity index (χ1) is 9.65. The molecule has 0 spiro atoms. The number of anilines is 1. The molecule has 2 aliphatic rings. The minimum Gasteiger partial charge on any atom is -0.367 e. The number of nitrogens with one attached hydrogen (secondary N) is 1. The second kappa shape index (κ2) is 4.15. The molecule has 104 valence electrons. The van der Waals surface area contributed by atoms with Crippen molar-refractivity contribution in [2.24, 2.45) is 0 Å². The second-order valence-corrected chi connectivity index (χ2v) is 7.58. The molecular formula is C14H15N3O2S. The summed E-state index contributed by atoms with van der Waals surface area (Å²) in [6, 6.07) is 3.92. The van der Waals surface area contributed by atoms with Crippen molar-refractivity contribution < 1.29 is 8.42 Å². The lowest BCUT2D eigenvalue weighted by Gasteiger charge is -2.27. The number of hydrogen-bond donors (Lipinski definition) is 1. The topological polar surface area (TPSA) is 72.0 Å². The van der Waals surface area contributed by atoms with Crippen molar-refractivity contribution in [2.75, 3.05) is 11.1 Å². The first kappa shape index (κ1) is 12.1. The Bertz CT molecular complexity index is 797. The fourth-order valence-electron chi connectivity index (χ4n) is 2.94. The number of sulfone groups is 1. The molecule has 2 heterocycles. The lowest BCUT2D eigenvalue weighted by Crippen LogP contribution is -2.27. The molecule has 6 heteroatoms. The van der Waals surface area contributed by atoms with E-state index in [1.807, 2.05) is 0 Å². The van der Waals surface area contributed by atoms with Crippen molar-refractivity contribution in [2.45, 2.75) is 36.6 Å². The van der Waals surface area contributed by atoms with E-state index >= 15 is 0 Å². The Hall–Kier alpha value is -1.69. The van der Waals surface area contributed by atoms with Gasteiger partial charge in [-0.15, -0.1) is 0 Å². The molecule has 1 aromatic carbocycles. The second-order valence-electron chi connectivity index (χ2n) is 5.50. The Labute approximate surface area is 117 Å². The van der Waals surface area contributed by atoms with Crippen LogP contribution in [0.15, 0.2) is 23.4 Å². The van der Waals surface area contributed by atoms with Crippen LogP contribution in [0.2, 0.25) is 0 Å². The van der Waals surface area contributed by atoms with E-state index in [-0.39, 0.29) is 5.75 Å². The maximum Gasteiger partial charge on any atom is 0.179 e. The predicted octanol–water partition coefficient (Wildman–Crippen LogP) is 1.92. The summed E-state index contributed by atoms with van der Waals surface area (Å²) < 4.78 is 24.1. The highest BCUT2D eigenvalue weighted by molar-refractivity contribution is 7.91. The summed E-state index contributed by atoms with van der Waals surface area (Å²) in [6.07, 6.45) is 5.64. The Balaban J connectivity index is 1.94. The fraction of sp³-hybridized carbons (Fsp3) is 0.429. The van der Waals surface area contributed by atoms with Crippen LogP contribution in [0.25, 0.3) is 10.9 Å². The Kier molecular flexibility index (Phi) is 2.51. The minimum atomic E-state index is -3.12. The Morgan fingerprint density at radius 2 is 2.05 bits per heavy atom. The molecule has 4 rings (SSSR count). The number of hydrogen-bond acceptors (Lipinski definition) is 5. The molecule has 0 saturated heterocycles. The number of fused-ring (bicyclic) bond motifs is 3. The largest absolute Gasteiger partial charge is 0.367 e. The number of aromatic nitrogens is 2. The van der Waals surface area contributed by atoms with E-state index in [0.29, 0.717) is 17.4 Å². The number of nitrogens with zero attached hydrogens (tertiary/aromatic N) is 2. The summed E-state index contributed by atoms with van der Waals surface area (Å²) in [5.41, 5.74) is 1.70. The summed E-state index contributed by atoms with van der Waals surface area (Å²) in [7, 11) is -3.12. The van der Waals surface area contributed by atoms with E-state index in [2.05, 4.69) is 15.3 Å². The van der Waals surface area contributed by atoms with E-state index in [9.17, 15) is 8.42 Å². The highest BCUT2D eigenvalue weighted by atomic mass is 32.2. The van der Waals surface area contributed by atoms with Crippen LogP contribution in [0.1, 0.15) is 24.8 Å². The maximum absolute atomic E-state index is 12.0. The van der Waals surface area contributed by atoms with Gasteiger partial charge in [0, 0.05) is 11.4 Å². The SMILES string of the molecule is O=S1(=O)CCc2c1ccc1ncnc(NC3CCC3)c21. The van der Waals surface area contributed by atoms with Crippen LogP contribution in [-0.2, 0) is 16.3 Å². The van der Waals surface area contributed by atoms with Crippen LogP contribution in [0, 0.1) is 0 Å². The highest BCUT2D eigenvalue weighted by Gasteiger charge is 2.29. The van der Waals surface area contributed by atoms with Gasteiger partial charge >= 0.3 is 0 Å². The van der Waals surface area contributed by atoms with Crippen LogP contribution in [0.5, 0.6) is 0 Å². The quantitative estimate of drug-likeness (QED) is 0.914. The van der Waals surface area contributed by atoms with Crippen LogP contribution >= 0.6 is 0 Å². The molecule has 2 aromatic rings. The first-order valence-electron chi connectivity index (χ1n) is 6.91. The lowest BCUT2D eigenvalue weighted by molar-refractivity contribution is 0.445. The van der Waals surface area contributed by atoms with Crippen molar-refractivity contribution in [3.05, 3.63) is 24.0 Å². The summed E-state index contributed by atoms with van der Waals surface area (Å²) in [4.78, 5) is 9.06. The van der Waals surface area contributed by atoms with Gasteiger partial charge in [-0.25, -0.2) is 18.4 Å². The molecule has 20 heavy (non-hydrogen) atoms. The van der Waals surface area contributed by atoms with Gasteiger partial charge in [-0.3, -0.25) is 0 Å². The molecule has 0 atom stereocenters. The lowest BCUT2D eigenvalue weighted by atomic mass is 9.93. The number of benzene rings is 1. The van der Waals surface area contributed by atoms with Gasteiger partial charge in [-0.05, 0) is 43.4 Å². The Morgan fingerprint density at radius 3 is 2.80 bits per heavy atom. The van der Waals surface area contributed by atoms with Crippen molar-refractivity contribution >= 4 is 26.6 Å². The van der Waals surface area contributed by atoms with Gasteiger partial charge in [-0.2, -0.15) is 0 Å². The minimum absolute atomic E-state index is 0.194. The normalized spacial score (nSPS) is 20.6. The third kappa shape index (κ3) is 1.71. The average molecular weight is 289 g/mol. The van der Waals surface area contributed by atoms with Gasteiger partial charge in [0.2, 0.25) is 0 Å². The molecule has 0 unspecified atom stereocenters. The van der Waals surface area contributed by atoms with Gasteiger partial charge in [0.1, 0.15) is 12.1 Å². The molecule has 1 fully saturated rings. The maximum atomic E-state index is 12.0. The first-order valence-corrected chi connectivity index (χ1v) is 8.56. The van der Waals surface area contributed by atoms with Crippen LogP contribution in [-0.4, -0.2) is 30.2 Å². The fourth-order valence-corrected chi connectivity index (χ4v) is 4.49. The van der Waals surface area contributed by atoms with Crippen LogP contribution in [0.3, 0.4) is 0 Å². The summed E-state index contributed by atoms with van der Waals surface area (Å²) in [5.74, 6) is 0.979. The van der Waals surface area contributed by atoms with Gasteiger partial charge in [0.25, 0.3) is 0 Å². The van der Waals surface area contributed by atoms with E-state index < -0.39 is 9.84 Å². The van der Waals surface area contributed by atoms with Gasteiger partial charge < -0.3 is 5.32 Å². The van der Waals surface area contributed by atoms with Gasteiger partial charge in [0.05, 0.1) is 16.2 Å². The zero-order chi connectivity index (χ0) is 13.7. The van der Waals surface area contributed by atoms with E-state index in [1.165, 1.54) is 6.42 Å². The number of aryl methyl sites for hydroxylation is 1. The molecule has 0 radical (unpaired) electrons. The molecule has 1 saturated carbocycles. The summed E-state index contributed by atoms with van der Waals surface area (Å²) >= 11 is 0. The van der Waals surface area contributed by atoms with Crippen LogP contribution < -0.4 is 5.32 Å². The smallest absolute Gasteiger partial charge is 0.179 e. The summed E-state index contributed by atoms with van der Waals surface area (Å²) in [6.45, 7) is 0. The molecular weight excluding hydrogens is 274 g/mol. The van der Waals surface area contributed by atoms with Crippen molar-refractivity contribution in [3.63, 3.8) is 0 Å². The monoisotopic (exact) mass is 289 g/mol. The van der Waals surface area contributed by atoms with Crippen molar-refractivity contribution in [1.29, 1.82) is 0 Å². The highest BCUT2D eigenvalue weighted by Crippen LogP contribution is 2.35. The predicted molar refractivity (Wildman–Crippen MR) is 76.6 cm³/mol. The molecule has 0 amide bonds. The molecule has 1 aromatic heterocycles. The molecule has 1 aliphatic heterocycles. The standard InChI is InChI=1S/C14H15N3O2S/c18-20(19)7-6-10-12(20)5-4-11-13(10)14(16-8-15-11)17-9-2-1-3-9/h4-5,8-9H,1-3,6-7H2,(H,15,16,17). The van der Waals surface area contributed by atoms with Crippen molar-refractivity contribution in [1.82, 2.24) is 9.97 Å². The zero-order valence-corrected chi connectivity index (χ0v) is 11.8. The molecule has 5 nitrogen and oxygen atoms in total. The van der Waals surface area contributed by atoms with E-state index in [1.54, 1.807) is 18.5 Å². The molecule has 1 N–H and O–H groups in total. The third-order valence-electron chi connectivity index (χ3n) is 4.27. The van der Waals surface area contributed by atoms with E-state index in [4.69, 9.17) is 0 Å². The van der Waals surface area contributed by atoms with Gasteiger partial charge in [0.15, 0.2) is 9.84 Å².